The average Bonchev–Trinajstić information content (AvgIpc) is 3.44. The normalized spacial score (nSPS) is 15.7. The number of hydrogen-bond acceptors (Lipinski definition) is 7. The molecular weight excluding hydrogens is 468 g/mol. The van der Waals surface area contributed by atoms with Crippen LogP contribution in [0.25, 0.3) is 22.3 Å². The number of piperazine rings is 1. The number of nitriles is 1. The van der Waals surface area contributed by atoms with Gasteiger partial charge in [0.05, 0.1) is 30.4 Å². The third-order valence-electron chi connectivity index (χ3n) is 6.04. The van der Waals surface area contributed by atoms with Crippen molar-refractivity contribution in [3.63, 3.8) is 0 Å². The Morgan fingerprint density at radius 2 is 2.03 bits per heavy atom. The fourth-order valence-corrected chi connectivity index (χ4v) is 4.83. The highest BCUT2D eigenvalue weighted by atomic mass is 35.5. The summed E-state index contributed by atoms with van der Waals surface area (Å²) in [7, 11) is -1.11. The van der Waals surface area contributed by atoms with E-state index in [0.29, 0.717) is 13.2 Å². The molecule has 0 saturated carbocycles. The molecule has 1 N–H and O–H groups in total. The van der Waals surface area contributed by atoms with Crippen molar-refractivity contribution in [1.82, 2.24) is 34.5 Å². The van der Waals surface area contributed by atoms with Gasteiger partial charge < -0.3 is 14.6 Å². The Morgan fingerprint density at radius 1 is 1.24 bits per heavy atom. The topological polar surface area (TPSA) is 96.8 Å². The van der Waals surface area contributed by atoms with Crippen LogP contribution >= 0.6 is 12.4 Å². The molecule has 0 radical (unpaired) electrons. The molecule has 0 aliphatic carbocycles. The van der Waals surface area contributed by atoms with Gasteiger partial charge in [-0.15, -0.1) is 12.4 Å². The SMILES string of the molecule is C[Si](C)(C)CCOCn1ccc2c(-c3cnn(C(CC#N)CN4CCNCC4)c3)ncnc21.Cl. The van der Waals surface area contributed by atoms with Gasteiger partial charge >= 0.3 is 0 Å². The Kier molecular flexibility index (Phi) is 9.22. The molecule has 1 unspecified atom stereocenters. The first kappa shape index (κ1) is 26.3. The van der Waals surface area contributed by atoms with Gasteiger partial charge in [-0.25, -0.2) is 9.97 Å². The minimum Gasteiger partial charge on any atom is -0.361 e. The molecule has 9 nitrogen and oxygen atoms in total. The Labute approximate surface area is 208 Å². The number of aromatic nitrogens is 5. The Morgan fingerprint density at radius 3 is 2.76 bits per heavy atom. The molecule has 1 saturated heterocycles. The molecule has 0 spiro atoms. The summed E-state index contributed by atoms with van der Waals surface area (Å²) in [5.41, 5.74) is 2.64. The second-order valence-corrected chi connectivity index (χ2v) is 15.5. The van der Waals surface area contributed by atoms with E-state index < -0.39 is 8.07 Å². The Bertz CT molecular complexity index is 1100. The zero-order valence-electron chi connectivity index (χ0n) is 20.3. The van der Waals surface area contributed by atoms with E-state index in [0.717, 1.165) is 67.7 Å². The zero-order chi connectivity index (χ0) is 23.3. The van der Waals surface area contributed by atoms with Crippen molar-refractivity contribution in [2.45, 2.75) is 44.9 Å². The van der Waals surface area contributed by atoms with E-state index in [-0.39, 0.29) is 18.4 Å². The fraction of sp³-hybridized carbons (Fsp3) is 0.565. The molecule has 1 aliphatic rings. The highest BCUT2D eigenvalue weighted by Crippen LogP contribution is 2.27. The molecular formula is C23H35ClN8OSi. The largest absolute Gasteiger partial charge is 0.361 e. The van der Waals surface area contributed by atoms with E-state index in [1.165, 1.54) is 0 Å². The van der Waals surface area contributed by atoms with Crippen molar-refractivity contribution in [1.29, 1.82) is 5.26 Å². The summed E-state index contributed by atoms with van der Waals surface area (Å²) in [6.45, 7) is 13.1. The molecule has 34 heavy (non-hydrogen) atoms. The third-order valence-corrected chi connectivity index (χ3v) is 7.74. The lowest BCUT2D eigenvalue weighted by Gasteiger charge is -2.30. The summed E-state index contributed by atoms with van der Waals surface area (Å²) in [6.07, 6.45) is 7.88. The van der Waals surface area contributed by atoms with E-state index >= 15 is 0 Å². The summed E-state index contributed by atoms with van der Waals surface area (Å²) in [4.78, 5) is 11.5. The van der Waals surface area contributed by atoms with Crippen LogP contribution in [-0.4, -0.2) is 76.6 Å². The molecule has 11 heteroatoms. The molecule has 184 valence electrons. The van der Waals surface area contributed by atoms with Crippen LogP contribution in [0.4, 0.5) is 0 Å². The second-order valence-electron chi connectivity index (χ2n) is 9.87. The number of rotatable bonds is 10. The molecule has 4 heterocycles. The molecule has 0 aromatic carbocycles. The molecule has 1 fully saturated rings. The number of fused-ring (bicyclic) bond motifs is 1. The summed E-state index contributed by atoms with van der Waals surface area (Å²) >= 11 is 0. The maximum Gasteiger partial charge on any atom is 0.145 e. The van der Waals surface area contributed by atoms with Gasteiger partial charge in [-0.2, -0.15) is 10.4 Å². The van der Waals surface area contributed by atoms with Gasteiger partial charge in [-0.3, -0.25) is 9.58 Å². The number of halogens is 1. The van der Waals surface area contributed by atoms with Gasteiger partial charge in [0.15, 0.2) is 0 Å². The summed E-state index contributed by atoms with van der Waals surface area (Å²) in [6, 6.07) is 5.53. The predicted molar refractivity (Wildman–Crippen MR) is 139 cm³/mol. The van der Waals surface area contributed by atoms with Crippen molar-refractivity contribution in [3.8, 4) is 17.3 Å². The second kappa shape index (κ2) is 11.9. The van der Waals surface area contributed by atoms with Crippen molar-refractivity contribution >= 4 is 31.5 Å². The highest BCUT2D eigenvalue weighted by molar-refractivity contribution is 6.76. The lowest BCUT2D eigenvalue weighted by molar-refractivity contribution is 0.0899. The van der Waals surface area contributed by atoms with Crippen LogP contribution in [0.5, 0.6) is 0 Å². The number of nitrogens with one attached hydrogen (secondary N) is 1. The Balaban J connectivity index is 0.00000324. The third kappa shape index (κ3) is 6.64. The lowest BCUT2D eigenvalue weighted by Crippen LogP contribution is -2.45. The zero-order valence-corrected chi connectivity index (χ0v) is 22.1. The van der Waals surface area contributed by atoms with Crippen LogP contribution in [0.15, 0.2) is 31.0 Å². The van der Waals surface area contributed by atoms with Gasteiger partial charge in [0, 0.05) is 70.7 Å². The maximum absolute atomic E-state index is 9.37. The average molecular weight is 503 g/mol. The van der Waals surface area contributed by atoms with Crippen LogP contribution in [0.3, 0.4) is 0 Å². The molecule has 1 atom stereocenters. The van der Waals surface area contributed by atoms with Crippen molar-refractivity contribution in [3.05, 3.63) is 31.0 Å². The van der Waals surface area contributed by atoms with Crippen molar-refractivity contribution in [2.75, 3.05) is 39.3 Å². The van der Waals surface area contributed by atoms with Gasteiger partial charge in [0.1, 0.15) is 18.7 Å². The first-order valence-corrected chi connectivity index (χ1v) is 15.4. The highest BCUT2D eigenvalue weighted by Gasteiger charge is 2.20. The number of hydrogen-bond donors (Lipinski definition) is 1. The van der Waals surface area contributed by atoms with Crippen LogP contribution in [0.2, 0.25) is 25.7 Å². The summed E-state index contributed by atoms with van der Waals surface area (Å²) in [5, 5.41) is 18.3. The van der Waals surface area contributed by atoms with E-state index in [4.69, 9.17) is 4.74 Å². The standard InChI is InChI=1S/C23H34N8OSi.ClH/c1-33(2,3)13-12-32-18-30-9-5-21-22(26-17-27-23(21)30)19-14-28-31(15-19)20(4-6-24)16-29-10-7-25-8-11-29;/h5,9,14-15,17,20,25H,4,7-8,10-13,16,18H2,1-3H3;1H. The quantitative estimate of drug-likeness (QED) is 0.335. The first-order valence-electron chi connectivity index (χ1n) is 11.7. The van der Waals surface area contributed by atoms with Gasteiger partial charge in [0.2, 0.25) is 0 Å². The van der Waals surface area contributed by atoms with E-state index in [9.17, 15) is 5.26 Å². The van der Waals surface area contributed by atoms with Gasteiger partial charge in [-0.1, -0.05) is 19.6 Å². The molecule has 4 rings (SSSR count). The molecule has 0 amide bonds. The van der Waals surface area contributed by atoms with Crippen LogP contribution in [0.1, 0.15) is 12.5 Å². The van der Waals surface area contributed by atoms with Crippen molar-refractivity contribution < 1.29 is 4.74 Å². The van der Waals surface area contributed by atoms with Crippen molar-refractivity contribution in [2.24, 2.45) is 0 Å². The molecule has 0 bridgehead atoms. The fourth-order valence-electron chi connectivity index (χ4n) is 4.08. The first-order chi connectivity index (χ1) is 15.9. The van der Waals surface area contributed by atoms with Crippen LogP contribution < -0.4 is 5.32 Å². The predicted octanol–water partition coefficient (Wildman–Crippen LogP) is 3.39. The number of nitrogens with zero attached hydrogens (tertiary/aromatic N) is 7. The smallest absolute Gasteiger partial charge is 0.145 e. The molecule has 3 aromatic rings. The monoisotopic (exact) mass is 502 g/mol. The lowest BCUT2D eigenvalue weighted by atomic mass is 10.1. The minimum atomic E-state index is -1.11. The van der Waals surface area contributed by atoms with Crippen LogP contribution in [0, 0.1) is 11.3 Å². The Hall–Kier alpha value is -2.29. The van der Waals surface area contributed by atoms with Gasteiger partial charge in [0.25, 0.3) is 0 Å². The van der Waals surface area contributed by atoms with E-state index in [1.807, 2.05) is 33.9 Å². The molecule has 3 aromatic heterocycles. The minimum absolute atomic E-state index is 0. The molecule has 1 aliphatic heterocycles. The van der Waals surface area contributed by atoms with E-state index in [2.05, 4.69) is 51.0 Å². The van der Waals surface area contributed by atoms with E-state index in [1.54, 1.807) is 6.33 Å². The summed E-state index contributed by atoms with van der Waals surface area (Å²) < 4.78 is 9.87. The maximum atomic E-state index is 9.37. The van der Waals surface area contributed by atoms with Crippen LogP contribution in [-0.2, 0) is 11.5 Å². The number of ether oxygens (including phenoxy) is 1. The van der Waals surface area contributed by atoms with Gasteiger partial charge in [-0.05, 0) is 12.1 Å². The summed E-state index contributed by atoms with van der Waals surface area (Å²) in [5.74, 6) is 0.